The molecule has 0 saturated heterocycles. The molecule has 0 spiro atoms. The standard InChI is InChI=1S/C15H21N5/c1-20(9-11-5-4-8-17-15(11)16)10-14-12-6-2-3-7-13(12)18-19-14/h4-5,8H,2-3,6-7,9-10H2,1H3,(H2,16,17)(H,18,19). The molecule has 0 atom stereocenters. The molecule has 0 saturated carbocycles. The van der Waals surface area contributed by atoms with Crippen LogP contribution >= 0.6 is 0 Å². The van der Waals surface area contributed by atoms with Gasteiger partial charge in [0.2, 0.25) is 0 Å². The lowest BCUT2D eigenvalue weighted by molar-refractivity contribution is 0.314. The molecule has 2 heterocycles. The van der Waals surface area contributed by atoms with Gasteiger partial charge in [-0.3, -0.25) is 10.00 Å². The zero-order chi connectivity index (χ0) is 13.9. The number of aromatic nitrogens is 3. The molecule has 106 valence electrons. The highest BCUT2D eigenvalue weighted by atomic mass is 15.2. The number of nitrogen functional groups attached to an aromatic ring is 1. The second-order valence-electron chi connectivity index (χ2n) is 5.55. The van der Waals surface area contributed by atoms with Gasteiger partial charge >= 0.3 is 0 Å². The summed E-state index contributed by atoms with van der Waals surface area (Å²) in [6.45, 7) is 1.64. The van der Waals surface area contributed by atoms with Gasteiger partial charge in [-0.15, -0.1) is 0 Å². The molecule has 0 radical (unpaired) electrons. The van der Waals surface area contributed by atoms with Crippen LogP contribution in [0.2, 0.25) is 0 Å². The number of fused-ring (bicyclic) bond motifs is 1. The first kappa shape index (κ1) is 13.1. The normalized spacial score (nSPS) is 14.5. The van der Waals surface area contributed by atoms with E-state index in [-0.39, 0.29) is 0 Å². The number of nitrogens with zero attached hydrogens (tertiary/aromatic N) is 3. The predicted molar refractivity (Wildman–Crippen MR) is 79.1 cm³/mol. The third-order valence-electron chi connectivity index (χ3n) is 3.93. The minimum Gasteiger partial charge on any atom is -0.383 e. The lowest BCUT2D eigenvalue weighted by Gasteiger charge is -2.18. The Morgan fingerprint density at radius 1 is 1.30 bits per heavy atom. The SMILES string of the molecule is CN(Cc1cccnc1N)Cc1n[nH]c2c1CCCC2. The van der Waals surface area contributed by atoms with E-state index in [1.165, 1.54) is 29.8 Å². The van der Waals surface area contributed by atoms with Crippen LogP contribution in [0, 0.1) is 0 Å². The average molecular weight is 271 g/mol. The maximum atomic E-state index is 5.89. The quantitative estimate of drug-likeness (QED) is 0.891. The molecule has 1 aliphatic carbocycles. The molecule has 0 unspecified atom stereocenters. The summed E-state index contributed by atoms with van der Waals surface area (Å²) in [6.07, 6.45) is 6.57. The Bertz CT molecular complexity index is 590. The van der Waals surface area contributed by atoms with Crippen molar-refractivity contribution in [3.8, 4) is 0 Å². The Hall–Kier alpha value is -1.88. The first-order valence-corrected chi connectivity index (χ1v) is 7.17. The fourth-order valence-corrected chi connectivity index (χ4v) is 2.87. The molecule has 0 fully saturated rings. The number of hydrogen-bond donors (Lipinski definition) is 2. The molecule has 0 aliphatic heterocycles. The Balaban J connectivity index is 1.69. The van der Waals surface area contributed by atoms with Crippen molar-refractivity contribution in [1.29, 1.82) is 0 Å². The zero-order valence-electron chi connectivity index (χ0n) is 11.9. The van der Waals surface area contributed by atoms with Gasteiger partial charge in [0, 0.05) is 30.5 Å². The van der Waals surface area contributed by atoms with E-state index in [2.05, 4.69) is 27.1 Å². The average Bonchev–Trinajstić information content (AvgIpc) is 2.85. The Morgan fingerprint density at radius 2 is 2.15 bits per heavy atom. The van der Waals surface area contributed by atoms with E-state index in [9.17, 15) is 0 Å². The van der Waals surface area contributed by atoms with Crippen molar-refractivity contribution in [2.75, 3.05) is 12.8 Å². The molecular formula is C15H21N5. The van der Waals surface area contributed by atoms with Crippen LogP contribution in [0.1, 0.15) is 35.4 Å². The van der Waals surface area contributed by atoms with Crippen molar-refractivity contribution < 1.29 is 0 Å². The topological polar surface area (TPSA) is 70.8 Å². The molecule has 2 aromatic rings. The molecule has 2 aromatic heterocycles. The molecular weight excluding hydrogens is 250 g/mol. The van der Waals surface area contributed by atoms with Gasteiger partial charge in [0.1, 0.15) is 5.82 Å². The lowest BCUT2D eigenvalue weighted by atomic mass is 9.96. The summed E-state index contributed by atoms with van der Waals surface area (Å²) >= 11 is 0. The van der Waals surface area contributed by atoms with Crippen molar-refractivity contribution in [1.82, 2.24) is 20.1 Å². The van der Waals surface area contributed by atoms with Crippen molar-refractivity contribution in [3.05, 3.63) is 40.8 Å². The minimum absolute atomic E-state index is 0.614. The summed E-state index contributed by atoms with van der Waals surface area (Å²) < 4.78 is 0. The molecule has 0 amide bonds. The van der Waals surface area contributed by atoms with E-state index in [1.807, 2.05) is 12.1 Å². The van der Waals surface area contributed by atoms with Gasteiger partial charge in [-0.2, -0.15) is 5.10 Å². The smallest absolute Gasteiger partial charge is 0.127 e. The maximum Gasteiger partial charge on any atom is 0.127 e. The molecule has 20 heavy (non-hydrogen) atoms. The van der Waals surface area contributed by atoms with Gasteiger partial charge in [-0.25, -0.2) is 4.98 Å². The monoisotopic (exact) mass is 271 g/mol. The number of nitrogens with one attached hydrogen (secondary N) is 1. The van der Waals surface area contributed by atoms with E-state index in [4.69, 9.17) is 5.73 Å². The van der Waals surface area contributed by atoms with Crippen molar-refractivity contribution >= 4 is 5.82 Å². The zero-order valence-corrected chi connectivity index (χ0v) is 11.9. The number of nitrogens with two attached hydrogens (primary N) is 1. The highest BCUT2D eigenvalue weighted by Gasteiger charge is 2.17. The first-order chi connectivity index (χ1) is 9.74. The van der Waals surface area contributed by atoms with Crippen LogP contribution in [0.15, 0.2) is 18.3 Å². The highest BCUT2D eigenvalue weighted by molar-refractivity contribution is 5.38. The largest absolute Gasteiger partial charge is 0.383 e. The first-order valence-electron chi connectivity index (χ1n) is 7.17. The molecule has 0 bridgehead atoms. The fraction of sp³-hybridized carbons (Fsp3) is 0.467. The number of anilines is 1. The van der Waals surface area contributed by atoms with Crippen LogP contribution in [0.25, 0.3) is 0 Å². The van der Waals surface area contributed by atoms with Gasteiger partial charge < -0.3 is 5.73 Å². The maximum absolute atomic E-state index is 5.89. The van der Waals surface area contributed by atoms with Gasteiger partial charge in [0.05, 0.1) is 5.69 Å². The molecule has 3 N–H and O–H groups in total. The summed E-state index contributed by atoms with van der Waals surface area (Å²) in [5.74, 6) is 0.614. The summed E-state index contributed by atoms with van der Waals surface area (Å²) in [6, 6.07) is 3.95. The highest BCUT2D eigenvalue weighted by Crippen LogP contribution is 2.23. The molecule has 5 heteroatoms. The minimum atomic E-state index is 0.614. The van der Waals surface area contributed by atoms with Crippen LogP contribution in [0.4, 0.5) is 5.82 Å². The van der Waals surface area contributed by atoms with E-state index in [1.54, 1.807) is 6.20 Å². The van der Waals surface area contributed by atoms with Crippen LogP contribution in [-0.2, 0) is 25.9 Å². The Labute approximate surface area is 119 Å². The number of H-pyrrole nitrogens is 1. The van der Waals surface area contributed by atoms with Crippen LogP contribution in [0.3, 0.4) is 0 Å². The van der Waals surface area contributed by atoms with Crippen LogP contribution < -0.4 is 5.73 Å². The van der Waals surface area contributed by atoms with Crippen LogP contribution in [-0.4, -0.2) is 27.1 Å². The van der Waals surface area contributed by atoms with Crippen LogP contribution in [0.5, 0.6) is 0 Å². The number of aromatic amines is 1. The Morgan fingerprint density at radius 3 is 3.00 bits per heavy atom. The van der Waals surface area contributed by atoms with Crippen molar-refractivity contribution in [2.45, 2.75) is 38.8 Å². The number of rotatable bonds is 4. The predicted octanol–water partition coefficient (Wildman–Crippen LogP) is 1.90. The third kappa shape index (κ3) is 2.67. The second-order valence-corrected chi connectivity index (χ2v) is 5.55. The lowest BCUT2D eigenvalue weighted by Crippen LogP contribution is -2.19. The molecule has 0 aromatic carbocycles. The van der Waals surface area contributed by atoms with Crippen molar-refractivity contribution in [2.24, 2.45) is 0 Å². The van der Waals surface area contributed by atoms with E-state index in [0.717, 1.165) is 31.5 Å². The van der Waals surface area contributed by atoms with Gasteiger partial charge in [0.25, 0.3) is 0 Å². The number of pyridine rings is 1. The fourth-order valence-electron chi connectivity index (χ4n) is 2.87. The summed E-state index contributed by atoms with van der Waals surface area (Å²) in [5.41, 5.74) is 10.9. The second kappa shape index (κ2) is 5.63. The molecule has 1 aliphatic rings. The van der Waals surface area contributed by atoms with E-state index >= 15 is 0 Å². The number of hydrogen-bond acceptors (Lipinski definition) is 4. The van der Waals surface area contributed by atoms with Gasteiger partial charge in [0.15, 0.2) is 0 Å². The summed E-state index contributed by atoms with van der Waals surface area (Å²) in [7, 11) is 2.09. The van der Waals surface area contributed by atoms with Crippen molar-refractivity contribution in [3.63, 3.8) is 0 Å². The van der Waals surface area contributed by atoms with Gasteiger partial charge in [-0.05, 0) is 44.4 Å². The molecule has 5 nitrogen and oxygen atoms in total. The van der Waals surface area contributed by atoms with Gasteiger partial charge in [-0.1, -0.05) is 6.07 Å². The Kier molecular flexibility index (Phi) is 3.69. The third-order valence-corrected chi connectivity index (χ3v) is 3.93. The van der Waals surface area contributed by atoms with E-state index < -0.39 is 0 Å². The summed E-state index contributed by atoms with van der Waals surface area (Å²) in [4.78, 5) is 6.36. The van der Waals surface area contributed by atoms with E-state index in [0.29, 0.717) is 5.82 Å². The molecule has 3 rings (SSSR count). The number of aryl methyl sites for hydroxylation is 1. The summed E-state index contributed by atoms with van der Waals surface area (Å²) in [5, 5.41) is 7.68.